The van der Waals surface area contributed by atoms with Gasteiger partial charge in [0.1, 0.15) is 11.5 Å². The Morgan fingerprint density at radius 3 is 1.44 bits per heavy atom. The predicted molar refractivity (Wildman–Crippen MR) is 123 cm³/mol. The molecule has 0 heterocycles. The van der Waals surface area contributed by atoms with Crippen LogP contribution < -0.4 is 9.47 Å². The molecule has 6 heteroatoms. The molecule has 0 aliphatic carbocycles. The van der Waals surface area contributed by atoms with E-state index in [2.05, 4.69) is 0 Å². The van der Waals surface area contributed by atoms with Gasteiger partial charge in [-0.3, -0.25) is 0 Å². The Bertz CT molecular complexity index is 1250. The topological polar surface area (TPSA) is 93.1 Å². The summed E-state index contributed by atoms with van der Waals surface area (Å²) in [4.78, 5) is 22.4. The largest absolute Gasteiger partial charge is 0.481 e. The van der Waals surface area contributed by atoms with Crippen molar-refractivity contribution < 1.29 is 29.3 Å². The number of aryl methyl sites for hydroxylation is 2. The van der Waals surface area contributed by atoms with E-state index in [0.717, 1.165) is 32.7 Å². The highest BCUT2D eigenvalue weighted by Gasteiger charge is 2.20. The summed E-state index contributed by atoms with van der Waals surface area (Å²) in [6.07, 6.45) is 0. The third-order valence-electron chi connectivity index (χ3n) is 5.23. The fourth-order valence-electron chi connectivity index (χ4n) is 3.89. The summed E-state index contributed by atoms with van der Waals surface area (Å²) in [6, 6.07) is 19.2. The summed E-state index contributed by atoms with van der Waals surface area (Å²) < 4.78 is 11.3. The van der Waals surface area contributed by atoms with Crippen molar-refractivity contribution in [2.45, 2.75) is 13.8 Å². The van der Waals surface area contributed by atoms with Crippen molar-refractivity contribution in [3.63, 3.8) is 0 Å². The predicted octanol–water partition coefficient (Wildman–Crippen LogP) is 5.20. The molecule has 0 bridgehead atoms. The molecule has 162 valence electrons. The van der Waals surface area contributed by atoms with Crippen molar-refractivity contribution >= 4 is 33.5 Å². The van der Waals surface area contributed by atoms with E-state index in [-0.39, 0.29) is 0 Å². The number of carbonyl (C=O) groups is 2. The van der Waals surface area contributed by atoms with Crippen LogP contribution in [0, 0.1) is 13.8 Å². The zero-order valence-electron chi connectivity index (χ0n) is 17.7. The molecule has 4 aromatic rings. The number of benzene rings is 4. The van der Waals surface area contributed by atoms with Crippen LogP contribution in [0.2, 0.25) is 0 Å². The molecule has 4 rings (SSSR count). The molecular formula is C26H22O6. The monoisotopic (exact) mass is 430 g/mol. The fourth-order valence-corrected chi connectivity index (χ4v) is 3.89. The van der Waals surface area contributed by atoms with E-state index in [1.807, 2.05) is 62.4 Å². The van der Waals surface area contributed by atoms with Crippen LogP contribution in [0.5, 0.6) is 11.5 Å². The van der Waals surface area contributed by atoms with Gasteiger partial charge in [0.15, 0.2) is 13.2 Å². The standard InChI is InChI=1S/C26H22O6/c1-15-3-7-19-17(11-15)5-9-21(31-13-23(27)28)25(19)26-20-8-4-16(2)12-18(20)6-10-22(26)32-14-24(29)30/h3-12H,13-14H2,1-2H3,(H,27,28)(H,29,30). The zero-order valence-corrected chi connectivity index (χ0v) is 17.7. The van der Waals surface area contributed by atoms with Gasteiger partial charge < -0.3 is 19.7 Å². The lowest BCUT2D eigenvalue weighted by Gasteiger charge is -2.19. The maximum absolute atomic E-state index is 11.2. The second-order valence-corrected chi connectivity index (χ2v) is 7.69. The minimum Gasteiger partial charge on any atom is -0.481 e. The number of fused-ring (bicyclic) bond motifs is 2. The Balaban J connectivity index is 2.07. The number of carboxylic acids is 2. The maximum atomic E-state index is 11.2. The van der Waals surface area contributed by atoms with Gasteiger partial charge in [-0.2, -0.15) is 0 Å². The first-order valence-corrected chi connectivity index (χ1v) is 10.1. The Morgan fingerprint density at radius 1 is 0.656 bits per heavy atom. The second kappa shape index (κ2) is 8.59. The lowest BCUT2D eigenvalue weighted by atomic mass is 9.91. The SMILES string of the molecule is Cc1ccc2c(-c3c(OCC(=O)O)ccc4cc(C)ccc34)c(OCC(=O)O)ccc2c1. The second-order valence-electron chi connectivity index (χ2n) is 7.69. The van der Waals surface area contributed by atoms with Crippen molar-refractivity contribution in [2.75, 3.05) is 13.2 Å². The summed E-state index contributed by atoms with van der Waals surface area (Å²) in [7, 11) is 0. The van der Waals surface area contributed by atoms with Gasteiger partial charge in [-0.05, 0) is 47.5 Å². The van der Waals surface area contributed by atoms with Gasteiger partial charge in [0.05, 0.1) is 0 Å². The first kappa shape index (κ1) is 21.2. The highest BCUT2D eigenvalue weighted by Crippen LogP contribution is 2.45. The van der Waals surface area contributed by atoms with Gasteiger partial charge in [-0.15, -0.1) is 0 Å². The number of ether oxygens (including phenoxy) is 2. The first-order valence-electron chi connectivity index (χ1n) is 10.1. The van der Waals surface area contributed by atoms with Crippen LogP contribution in [0.15, 0.2) is 60.7 Å². The van der Waals surface area contributed by atoms with E-state index < -0.39 is 25.2 Å². The van der Waals surface area contributed by atoms with Crippen LogP contribution in [-0.2, 0) is 9.59 Å². The van der Waals surface area contributed by atoms with Crippen molar-refractivity contribution in [1.29, 1.82) is 0 Å². The van der Waals surface area contributed by atoms with E-state index in [1.54, 1.807) is 12.1 Å². The minimum absolute atomic E-state index is 0.386. The van der Waals surface area contributed by atoms with Crippen molar-refractivity contribution in [3.05, 3.63) is 71.8 Å². The summed E-state index contributed by atoms with van der Waals surface area (Å²) in [5.41, 5.74) is 3.49. The van der Waals surface area contributed by atoms with Gasteiger partial charge in [0, 0.05) is 11.1 Å². The molecule has 0 spiro atoms. The van der Waals surface area contributed by atoms with E-state index in [1.165, 1.54) is 0 Å². The average molecular weight is 430 g/mol. The molecule has 2 N–H and O–H groups in total. The molecule has 0 aliphatic heterocycles. The fraction of sp³-hybridized carbons (Fsp3) is 0.154. The smallest absolute Gasteiger partial charge is 0.341 e. The number of aliphatic carboxylic acids is 2. The zero-order chi connectivity index (χ0) is 22.8. The van der Waals surface area contributed by atoms with E-state index in [0.29, 0.717) is 22.6 Å². The molecule has 0 aliphatic rings. The van der Waals surface area contributed by atoms with E-state index in [9.17, 15) is 19.8 Å². The summed E-state index contributed by atoms with van der Waals surface area (Å²) in [6.45, 7) is 2.99. The molecular weight excluding hydrogens is 408 g/mol. The van der Waals surface area contributed by atoms with Crippen LogP contribution in [0.25, 0.3) is 32.7 Å². The lowest BCUT2D eigenvalue weighted by Crippen LogP contribution is -2.11. The van der Waals surface area contributed by atoms with Crippen LogP contribution >= 0.6 is 0 Å². The maximum Gasteiger partial charge on any atom is 0.341 e. The quantitative estimate of drug-likeness (QED) is 0.418. The van der Waals surface area contributed by atoms with Crippen LogP contribution in [0.3, 0.4) is 0 Å². The van der Waals surface area contributed by atoms with E-state index >= 15 is 0 Å². The average Bonchev–Trinajstić information content (AvgIpc) is 2.75. The van der Waals surface area contributed by atoms with Crippen LogP contribution in [0.1, 0.15) is 11.1 Å². The first-order chi connectivity index (χ1) is 15.3. The molecule has 0 saturated heterocycles. The van der Waals surface area contributed by atoms with Gasteiger partial charge in [-0.1, -0.05) is 59.7 Å². The molecule has 6 nitrogen and oxygen atoms in total. The van der Waals surface area contributed by atoms with Crippen molar-refractivity contribution in [1.82, 2.24) is 0 Å². The number of hydrogen-bond donors (Lipinski definition) is 2. The van der Waals surface area contributed by atoms with Crippen LogP contribution in [0.4, 0.5) is 0 Å². The number of carboxylic acid groups (broad SMARTS) is 2. The van der Waals surface area contributed by atoms with Gasteiger partial charge in [0.2, 0.25) is 0 Å². The molecule has 0 unspecified atom stereocenters. The van der Waals surface area contributed by atoms with Crippen LogP contribution in [-0.4, -0.2) is 35.4 Å². The van der Waals surface area contributed by atoms with E-state index in [4.69, 9.17) is 9.47 Å². The molecule has 0 aromatic heterocycles. The summed E-state index contributed by atoms with van der Waals surface area (Å²) >= 11 is 0. The normalized spacial score (nSPS) is 10.9. The Labute approximate surface area is 184 Å². The molecule has 0 radical (unpaired) electrons. The highest BCUT2D eigenvalue weighted by atomic mass is 16.5. The molecule has 4 aromatic carbocycles. The van der Waals surface area contributed by atoms with Gasteiger partial charge in [0.25, 0.3) is 0 Å². The molecule has 0 amide bonds. The molecule has 32 heavy (non-hydrogen) atoms. The molecule has 0 atom stereocenters. The van der Waals surface area contributed by atoms with Crippen molar-refractivity contribution in [3.8, 4) is 22.6 Å². The van der Waals surface area contributed by atoms with Crippen molar-refractivity contribution in [2.24, 2.45) is 0 Å². The van der Waals surface area contributed by atoms with Gasteiger partial charge >= 0.3 is 11.9 Å². The highest BCUT2D eigenvalue weighted by molar-refractivity contribution is 6.10. The summed E-state index contributed by atoms with van der Waals surface area (Å²) in [5.74, 6) is -1.40. The molecule has 0 fully saturated rings. The Kier molecular flexibility index (Phi) is 5.69. The number of rotatable bonds is 7. The Morgan fingerprint density at radius 2 is 1.06 bits per heavy atom. The number of hydrogen-bond acceptors (Lipinski definition) is 4. The minimum atomic E-state index is -1.09. The summed E-state index contributed by atoms with van der Waals surface area (Å²) in [5, 5.41) is 22.0. The third-order valence-corrected chi connectivity index (χ3v) is 5.23. The van der Waals surface area contributed by atoms with Gasteiger partial charge in [-0.25, -0.2) is 9.59 Å². The Hall–Kier alpha value is -4.06. The molecule has 0 saturated carbocycles. The third kappa shape index (κ3) is 4.21. The lowest BCUT2D eigenvalue weighted by molar-refractivity contribution is -0.140.